The Morgan fingerprint density at radius 1 is 1.17 bits per heavy atom. The van der Waals surface area contributed by atoms with Gasteiger partial charge in [-0.15, -0.1) is 0 Å². The lowest BCUT2D eigenvalue weighted by atomic mass is 9.42. The predicted molar refractivity (Wildman–Crippen MR) is 138 cm³/mol. The largest absolute Gasteiger partial charge is 0.387 e. The summed E-state index contributed by atoms with van der Waals surface area (Å²) in [5, 5.41) is 18.9. The number of rotatable bonds is 6. The van der Waals surface area contributed by atoms with Crippen molar-refractivity contribution >= 4 is 11.7 Å². The summed E-state index contributed by atoms with van der Waals surface area (Å²) in [7, 11) is 1.90. The summed E-state index contributed by atoms with van der Waals surface area (Å²) in [6, 6.07) is 1.96. The van der Waals surface area contributed by atoms with Crippen molar-refractivity contribution < 1.29 is 14.6 Å². The van der Waals surface area contributed by atoms with E-state index in [9.17, 15) is 9.90 Å². The van der Waals surface area contributed by atoms with E-state index >= 15 is 0 Å². The minimum absolute atomic E-state index is 0.0848. The molecule has 0 saturated heterocycles. The Morgan fingerprint density at radius 3 is 2.66 bits per heavy atom. The quantitative estimate of drug-likeness (QED) is 0.559. The minimum atomic E-state index is -0.643. The number of anilines is 1. The molecule has 4 aliphatic rings. The zero-order valence-corrected chi connectivity index (χ0v) is 22.6. The Balaban J connectivity index is 1.33. The Morgan fingerprint density at radius 2 is 1.97 bits per heavy atom. The molecule has 0 radical (unpaired) electrons. The number of nitrogens with one attached hydrogen (secondary N) is 1. The molecule has 4 aliphatic carbocycles. The molecule has 8 atom stereocenters. The van der Waals surface area contributed by atoms with Gasteiger partial charge in [-0.2, -0.15) is 5.10 Å². The van der Waals surface area contributed by atoms with Crippen molar-refractivity contribution in [3.8, 4) is 0 Å². The standard InChI is InChI=1S/C29H47N3O3/c1-6-29-15-14-28(34,18-35-7-2)17-20(29)8-9-21-22-10-11-24(27(22,4)13-12-23(21)29)26(33)30-25-16-19(3)31-32(25)5/h16,20-24,34H,6-15,17-18H2,1-5H3,(H,30,33)/t20-,21+,22+,23+,24-,27+,28-,29+/m1/s1. The van der Waals surface area contributed by atoms with E-state index in [1.165, 1.54) is 32.1 Å². The number of nitrogens with zero attached hydrogens (tertiary/aromatic N) is 2. The van der Waals surface area contributed by atoms with Crippen molar-refractivity contribution in [3.05, 3.63) is 11.8 Å². The molecule has 6 heteroatoms. The van der Waals surface area contributed by atoms with Gasteiger partial charge in [0.25, 0.3) is 0 Å². The summed E-state index contributed by atoms with van der Waals surface area (Å²) in [6.07, 6.45) is 11.2. The summed E-state index contributed by atoms with van der Waals surface area (Å²) >= 11 is 0. The van der Waals surface area contributed by atoms with Crippen molar-refractivity contribution in [1.82, 2.24) is 9.78 Å². The fourth-order valence-electron chi connectivity index (χ4n) is 9.63. The molecule has 35 heavy (non-hydrogen) atoms. The molecule has 2 N–H and O–H groups in total. The summed E-state index contributed by atoms with van der Waals surface area (Å²) in [5.41, 5.74) is 0.733. The van der Waals surface area contributed by atoms with Crippen molar-refractivity contribution in [2.75, 3.05) is 18.5 Å². The second-order valence-corrected chi connectivity index (χ2v) is 12.8. The van der Waals surface area contributed by atoms with Crippen molar-refractivity contribution in [3.63, 3.8) is 0 Å². The molecule has 5 rings (SSSR count). The van der Waals surface area contributed by atoms with Crippen LogP contribution in [0.1, 0.15) is 90.7 Å². The first-order chi connectivity index (χ1) is 16.7. The van der Waals surface area contributed by atoms with E-state index in [2.05, 4.69) is 24.3 Å². The first-order valence-corrected chi connectivity index (χ1v) is 14.3. The van der Waals surface area contributed by atoms with E-state index in [4.69, 9.17) is 4.74 Å². The van der Waals surface area contributed by atoms with E-state index in [1.807, 2.05) is 27.0 Å². The number of hydrogen-bond acceptors (Lipinski definition) is 4. The van der Waals surface area contributed by atoms with Crippen LogP contribution in [0.3, 0.4) is 0 Å². The lowest BCUT2D eigenvalue weighted by Crippen LogP contribution is -2.58. The SMILES string of the molecule is CCOC[C@@]1(O)CC[C@@]2(CC)[C@H](CC[C@H]3[C@@H]4CC[C@H](C(=O)Nc5cc(C)nn5C)[C@@]4(C)CC[C@@H]32)C1. The van der Waals surface area contributed by atoms with E-state index in [-0.39, 0.29) is 17.2 Å². The zero-order valence-electron chi connectivity index (χ0n) is 22.6. The molecule has 0 aromatic carbocycles. The van der Waals surface area contributed by atoms with Crippen LogP contribution in [0.25, 0.3) is 0 Å². The number of carbonyl (C=O) groups excluding carboxylic acids is 1. The van der Waals surface area contributed by atoms with E-state index in [0.717, 1.165) is 55.5 Å². The lowest BCUT2D eigenvalue weighted by Gasteiger charge is -2.63. The minimum Gasteiger partial charge on any atom is -0.387 e. The van der Waals surface area contributed by atoms with Crippen molar-refractivity contribution in [2.45, 2.75) is 97.5 Å². The summed E-state index contributed by atoms with van der Waals surface area (Å²) < 4.78 is 7.47. The first kappa shape index (κ1) is 25.3. The fraction of sp³-hybridized carbons (Fsp3) is 0.862. The van der Waals surface area contributed by atoms with Gasteiger partial charge < -0.3 is 15.2 Å². The average Bonchev–Trinajstić information content (AvgIpc) is 3.35. The molecule has 0 unspecified atom stereocenters. The van der Waals surface area contributed by atoms with Gasteiger partial charge in [-0.1, -0.05) is 13.8 Å². The van der Waals surface area contributed by atoms with Crippen molar-refractivity contribution in [1.29, 1.82) is 0 Å². The Hall–Kier alpha value is -1.40. The van der Waals surface area contributed by atoms with Crippen LogP contribution in [0, 0.1) is 47.3 Å². The van der Waals surface area contributed by atoms with Gasteiger partial charge in [0, 0.05) is 25.6 Å². The van der Waals surface area contributed by atoms with Crippen LogP contribution in [-0.2, 0) is 16.6 Å². The Bertz CT molecular complexity index is 946. The second-order valence-electron chi connectivity index (χ2n) is 12.8. The van der Waals surface area contributed by atoms with Gasteiger partial charge in [0.2, 0.25) is 5.91 Å². The molecule has 6 nitrogen and oxygen atoms in total. The van der Waals surface area contributed by atoms with E-state index in [0.29, 0.717) is 30.5 Å². The molecule has 1 amide bonds. The highest BCUT2D eigenvalue weighted by Crippen LogP contribution is 2.69. The van der Waals surface area contributed by atoms with Crippen molar-refractivity contribution in [2.24, 2.45) is 47.5 Å². The molecule has 196 valence electrons. The highest BCUT2D eigenvalue weighted by molar-refractivity contribution is 5.92. The molecule has 0 bridgehead atoms. The maximum atomic E-state index is 13.5. The number of aryl methyl sites for hydroxylation is 2. The number of amides is 1. The molecular formula is C29H47N3O3. The number of carbonyl (C=O) groups is 1. The van der Waals surface area contributed by atoms with Crippen LogP contribution < -0.4 is 5.32 Å². The van der Waals surface area contributed by atoms with Crippen LogP contribution >= 0.6 is 0 Å². The molecule has 0 spiro atoms. The van der Waals surface area contributed by atoms with E-state index in [1.54, 1.807) is 4.68 Å². The van der Waals surface area contributed by atoms with E-state index < -0.39 is 5.60 Å². The first-order valence-electron chi connectivity index (χ1n) is 14.3. The van der Waals surface area contributed by atoms with Gasteiger partial charge in [-0.25, -0.2) is 0 Å². The maximum Gasteiger partial charge on any atom is 0.229 e. The third-order valence-corrected chi connectivity index (χ3v) is 11.3. The monoisotopic (exact) mass is 485 g/mol. The molecular weight excluding hydrogens is 438 g/mol. The van der Waals surface area contributed by atoms with Crippen LogP contribution in [0.5, 0.6) is 0 Å². The van der Waals surface area contributed by atoms with Gasteiger partial charge in [0.15, 0.2) is 0 Å². The summed E-state index contributed by atoms with van der Waals surface area (Å²) in [6.45, 7) is 9.96. The second kappa shape index (κ2) is 9.16. The van der Waals surface area contributed by atoms with Gasteiger partial charge in [-0.05, 0) is 113 Å². The highest BCUT2D eigenvalue weighted by atomic mass is 16.5. The fourth-order valence-corrected chi connectivity index (χ4v) is 9.63. The van der Waals surface area contributed by atoms with Crippen LogP contribution in [0.15, 0.2) is 6.07 Å². The van der Waals surface area contributed by atoms with Crippen LogP contribution in [-0.4, -0.2) is 39.6 Å². The van der Waals surface area contributed by atoms with Crippen LogP contribution in [0.4, 0.5) is 5.82 Å². The third kappa shape index (κ3) is 4.07. The lowest BCUT2D eigenvalue weighted by molar-refractivity contribution is -0.173. The number of ether oxygens (including phenoxy) is 1. The molecule has 4 fully saturated rings. The molecule has 1 heterocycles. The molecule has 1 aromatic heterocycles. The molecule has 0 aliphatic heterocycles. The summed E-state index contributed by atoms with van der Waals surface area (Å²) in [4.78, 5) is 13.5. The smallest absolute Gasteiger partial charge is 0.229 e. The summed E-state index contributed by atoms with van der Waals surface area (Å²) in [5.74, 6) is 3.78. The average molecular weight is 486 g/mol. The predicted octanol–water partition coefficient (Wildman–Crippen LogP) is 5.48. The number of fused-ring (bicyclic) bond motifs is 5. The van der Waals surface area contributed by atoms with Gasteiger partial charge in [0.05, 0.1) is 17.9 Å². The number of aromatic nitrogens is 2. The Kier molecular flexibility index (Phi) is 6.61. The normalized spacial score (nSPS) is 42.7. The zero-order chi connectivity index (χ0) is 25.0. The number of aliphatic hydroxyl groups is 1. The van der Waals surface area contributed by atoms with Gasteiger partial charge in [0.1, 0.15) is 5.82 Å². The molecule has 4 saturated carbocycles. The Labute approximate surface area is 211 Å². The highest BCUT2D eigenvalue weighted by Gasteiger charge is 2.63. The van der Waals surface area contributed by atoms with Gasteiger partial charge in [-0.3, -0.25) is 9.48 Å². The third-order valence-electron chi connectivity index (χ3n) is 11.3. The molecule has 1 aromatic rings. The van der Waals surface area contributed by atoms with Gasteiger partial charge >= 0.3 is 0 Å². The maximum absolute atomic E-state index is 13.5. The topological polar surface area (TPSA) is 76.4 Å². The van der Waals surface area contributed by atoms with Crippen LogP contribution in [0.2, 0.25) is 0 Å². The number of hydrogen-bond donors (Lipinski definition) is 2.